The number of thioether (sulfide) groups is 1. The minimum atomic E-state index is -0.606. The normalized spacial score (nSPS) is 29.6. The maximum Gasteiger partial charge on any atom is 0.252 e. The van der Waals surface area contributed by atoms with Crippen LogP contribution in [-0.2, 0) is 9.53 Å². The number of hydrogen-bond donors (Lipinski definition) is 2. The Kier molecular flexibility index (Phi) is 6.43. The third kappa shape index (κ3) is 4.00. The molecule has 1 amide bonds. The molecular weight excluding hydrogens is 284 g/mol. The minimum Gasteiger partial charge on any atom is -0.368 e. The SMILES string of the molecule is COC1(C(=O)NCC2(C)CCCS2)CCNCC1.Cl. The number of carbonyl (C=O) groups excluding carboxylic acids is 1. The van der Waals surface area contributed by atoms with Crippen LogP contribution >= 0.6 is 24.2 Å². The lowest BCUT2D eigenvalue weighted by Gasteiger charge is -2.36. The Morgan fingerprint density at radius 1 is 1.37 bits per heavy atom. The summed E-state index contributed by atoms with van der Waals surface area (Å²) in [6.07, 6.45) is 3.98. The van der Waals surface area contributed by atoms with Gasteiger partial charge in [-0.25, -0.2) is 0 Å². The molecule has 2 aliphatic rings. The molecule has 1 atom stereocenters. The van der Waals surface area contributed by atoms with Crippen molar-refractivity contribution in [1.29, 1.82) is 0 Å². The van der Waals surface area contributed by atoms with E-state index < -0.39 is 5.60 Å². The maximum atomic E-state index is 12.4. The molecule has 1 unspecified atom stereocenters. The summed E-state index contributed by atoms with van der Waals surface area (Å²) in [6.45, 7) is 4.71. The van der Waals surface area contributed by atoms with E-state index in [9.17, 15) is 4.79 Å². The highest BCUT2D eigenvalue weighted by Crippen LogP contribution is 2.37. The van der Waals surface area contributed by atoms with E-state index in [1.165, 1.54) is 18.6 Å². The molecule has 0 spiro atoms. The first-order chi connectivity index (χ1) is 8.60. The van der Waals surface area contributed by atoms with Crippen LogP contribution in [0.15, 0.2) is 0 Å². The topological polar surface area (TPSA) is 50.4 Å². The third-order valence-electron chi connectivity index (χ3n) is 4.14. The number of piperidine rings is 1. The number of nitrogens with one attached hydrogen (secondary N) is 2. The average Bonchev–Trinajstić information content (AvgIpc) is 2.84. The molecule has 0 bridgehead atoms. The quantitative estimate of drug-likeness (QED) is 0.828. The monoisotopic (exact) mass is 308 g/mol. The largest absolute Gasteiger partial charge is 0.368 e. The zero-order valence-electron chi connectivity index (χ0n) is 11.8. The van der Waals surface area contributed by atoms with Gasteiger partial charge in [0.25, 0.3) is 5.91 Å². The van der Waals surface area contributed by atoms with Crippen molar-refractivity contribution in [3.8, 4) is 0 Å². The van der Waals surface area contributed by atoms with Gasteiger partial charge >= 0.3 is 0 Å². The molecule has 2 fully saturated rings. The van der Waals surface area contributed by atoms with Gasteiger partial charge in [-0.2, -0.15) is 11.8 Å². The Morgan fingerprint density at radius 2 is 2.05 bits per heavy atom. The second-order valence-corrected chi connectivity index (χ2v) is 7.22. The van der Waals surface area contributed by atoms with Gasteiger partial charge in [0.2, 0.25) is 0 Å². The van der Waals surface area contributed by atoms with Gasteiger partial charge in [0.1, 0.15) is 5.60 Å². The predicted octanol–water partition coefficient (Wildman–Crippen LogP) is 1.58. The van der Waals surface area contributed by atoms with Crippen molar-refractivity contribution < 1.29 is 9.53 Å². The summed E-state index contributed by atoms with van der Waals surface area (Å²) < 4.78 is 5.75. The molecule has 0 aromatic rings. The Labute approximate surface area is 126 Å². The molecule has 0 aliphatic carbocycles. The number of rotatable bonds is 4. The zero-order valence-corrected chi connectivity index (χ0v) is 13.4. The molecule has 0 radical (unpaired) electrons. The van der Waals surface area contributed by atoms with Crippen LogP contribution < -0.4 is 10.6 Å². The van der Waals surface area contributed by atoms with E-state index in [1.807, 2.05) is 11.8 Å². The summed E-state index contributed by atoms with van der Waals surface area (Å²) in [5, 5.41) is 6.38. The number of amides is 1. The van der Waals surface area contributed by atoms with Gasteiger partial charge in [0.15, 0.2) is 0 Å². The van der Waals surface area contributed by atoms with E-state index in [0.717, 1.165) is 32.5 Å². The third-order valence-corrected chi connectivity index (χ3v) is 5.68. The van der Waals surface area contributed by atoms with E-state index >= 15 is 0 Å². The summed E-state index contributed by atoms with van der Waals surface area (Å²) in [4.78, 5) is 12.4. The van der Waals surface area contributed by atoms with Crippen molar-refractivity contribution in [2.24, 2.45) is 0 Å². The summed E-state index contributed by atoms with van der Waals surface area (Å²) in [5.74, 6) is 1.28. The molecule has 2 heterocycles. The molecule has 0 aromatic carbocycles. The summed E-state index contributed by atoms with van der Waals surface area (Å²) in [7, 11) is 1.65. The molecule has 2 rings (SSSR count). The summed E-state index contributed by atoms with van der Waals surface area (Å²) in [6, 6.07) is 0. The van der Waals surface area contributed by atoms with Gasteiger partial charge in [0.05, 0.1) is 0 Å². The molecule has 4 nitrogen and oxygen atoms in total. The van der Waals surface area contributed by atoms with E-state index in [1.54, 1.807) is 7.11 Å². The Morgan fingerprint density at radius 3 is 2.58 bits per heavy atom. The maximum absolute atomic E-state index is 12.4. The lowest BCUT2D eigenvalue weighted by Crippen LogP contribution is -2.55. The van der Waals surface area contributed by atoms with Gasteiger partial charge in [-0.3, -0.25) is 4.79 Å². The fourth-order valence-electron chi connectivity index (χ4n) is 2.76. The standard InChI is InChI=1S/C13H24N2O2S.ClH/c1-12(4-3-9-18-12)10-15-11(16)13(17-2)5-7-14-8-6-13;/h14H,3-10H2,1-2H3,(H,15,16);1H. The van der Waals surface area contributed by atoms with Gasteiger partial charge in [0, 0.05) is 18.4 Å². The second kappa shape index (κ2) is 7.16. The van der Waals surface area contributed by atoms with Crippen molar-refractivity contribution in [3.63, 3.8) is 0 Å². The number of ether oxygens (including phenoxy) is 1. The van der Waals surface area contributed by atoms with E-state index in [2.05, 4.69) is 17.6 Å². The van der Waals surface area contributed by atoms with Crippen molar-refractivity contribution in [2.75, 3.05) is 32.5 Å². The Bertz CT molecular complexity index is 303. The van der Waals surface area contributed by atoms with Crippen molar-refractivity contribution in [3.05, 3.63) is 0 Å². The first-order valence-electron chi connectivity index (χ1n) is 6.78. The Hall–Kier alpha value is 0.0300. The molecule has 19 heavy (non-hydrogen) atoms. The van der Waals surface area contributed by atoms with Crippen LogP contribution in [0.1, 0.15) is 32.6 Å². The highest BCUT2D eigenvalue weighted by molar-refractivity contribution is 8.00. The average molecular weight is 309 g/mol. The van der Waals surface area contributed by atoms with Crippen LogP contribution in [0.3, 0.4) is 0 Å². The fourth-order valence-corrected chi connectivity index (χ4v) is 4.00. The molecule has 2 N–H and O–H groups in total. The Balaban J connectivity index is 0.00000180. The molecule has 0 saturated carbocycles. The van der Waals surface area contributed by atoms with Crippen LogP contribution in [-0.4, -0.2) is 48.8 Å². The van der Waals surface area contributed by atoms with Gasteiger partial charge in [-0.1, -0.05) is 0 Å². The molecular formula is C13H25ClN2O2S. The van der Waals surface area contributed by atoms with E-state index in [4.69, 9.17) is 4.74 Å². The first kappa shape index (κ1) is 17.1. The van der Waals surface area contributed by atoms with Crippen LogP contribution in [0.4, 0.5) is 0 Å². The van der Waals surface area contributed by atoms with Gasteiger partial charge in [-0.05, 0) is 51.4 Å². The highest BCUT2D eigenvalue weighted by Gasteiger charge is 2.40. The lowest BCUT2D eigenvalue weighted by molar-refractivity contribution is -0.146. The zero-order chi connectivity index (χ0) is 13.1. The van der Waals surface area contributed by atoms with Crippen molar-refractivity contribution in [2.45, 2.75) is 43.0 Å². The minimum absolute atomic E-state index is 0. The van der Waals surface area contributed by atoms with E-state index in [-0.39, 0.29) is 23.1 Å². The highest BCUT2D eigenvalue weighted by atomic mass is 35.5. The van der Waals surface area contributed by atoms with Crippen LogP contribution in [0, 0.1) is 0 Å². The predicted molar refractivity (Wildman–Crippen MR) is 82.2 cm³/mol. The van der Waals surface area contributed by atoms with Crippen LogP contribution in [0.25, 0.3) is 0 Å². The molecule has 112 valence electrons. The molecule has 6 heteroatoms. The lowest BCUT2D eigenvalue weighted by atomic mass is 9.91. The summed E-state index contributed by atoms with van der Waals surface area (Å²) >= 11 is 1.97. The molecule has 0 aromatic heterocycles. The molecule has 2 saturated heterocycles. The van der Waals surface area contributed by atoms with Crippen molar-refractivity contribution >= 4 is 30.1 Å². The van der Waals surface area contributed by atoms with Gasteiger partial charge < -0.3 is 15.4 Å². The van der Waals surface area contributed by atoms with Crippen LogP contribution in [0.2, 0.25) is 0 Å². The fraction of sp³-hybridized carbons (Fsp3) is 0.923. The summed E-state index contributed by atoms with van der Waals surface area (Å²) in [5.41, 5.74) is -0.606. The second-order valence-electron chi connectivity index (χ2n) is 5.53. The number of methoxy groups -OCH3 is 1. The number of hydrogen-bond acceptors (Lipinski definition) is 4. The first-order valence-corrected chi connectivity index (χ1v) is 7.77. The number of halogens is 1. The smallest absolute Gasteiger partial charge is 0.252 e. The number of carbonyl (C=O) groups is 1. The van der Waals surface area contributed by atoms with Gasteiger partial charge in [-0.15, -0.1) is 12.4 Å². The van der Waals surface area contributed by atoms with E-state index in [0.29, 0.717) is 0 Å². The van der Waals surface area contributed by atoms with Crippen LogP contribution in [0.5, 0.6) is 0 Å². The molecule has 2 aliphatic heterocycles. The van der Waals surface area contributed by atoms with Crippen molar-refractivity contribution in [1.82, 2.24) is 10.6 Å².